The zero-order valence-corrected chi connectivity index (χ0v) is 21.0. The standard InChI is InChI=1S/C26H36N6O6/c27-8-2-1-3-19-25(37)32-22(26(38)30-10-9-28)23(35)17-12-15(5-7-21(17)34)14-4-6-20(33)16(11-14)13-18(29)24(36)31-19/h4-7,11-12,18-19,22-23,33-35H,1-3,8-10,13,27-29H2,(H,30,38)(H,31,36)(H,32,37)/t18-,19-,22-,23+/m0/s1. The van der Waals surface area contributed by atoms with E-state index in [4.69, 9.17) is 17.2 Å². The van der Waals surface area contributed by atoms with Crippen LogP contribution >= 0.6 is 0 Å². The van der Waals surface area contributed by atoms with Gasteiger partial charge in [-0.05, 0) is 66.8 Å². The van der Waals surface area contributed by atoms with Crippen molar-refractivity contribution in [3.8, 4) is 22.6 Å². The van der Waals surface area contributed by atoms with Crippen LogP contribution in [0.3, 0.4) is 0 Å². The number of hydrogen-bond donors (Lipinski definition) is 9. The van der Waals surface area contributed by atoms with Crippen LogP contribution in [0.25, 0.3) is 11.1 Å². The molecule has 2 aromatic carbocycles. The predicted octanol–water partition coefficient (Wildman–Crippen LogP) is -1.14. The van der Waals surface area contributed by atoms with Crippen molar-refractivity contribution in [2.75, 3.05) is 19.6 Å². The van der Waals surface area contributed by atoms with E-state index in [-0.39, 0.29) is 43.0 Å². The molecule has 0 fully saturated rings. The molecule has 0 saturated heterocycles. The van der Waals surface area contributed by atoms with Crippen molar-refractivity contribution < 1.29 is 29.7 Å². The third-order valence-electron chi connectivity index (χ3n) is 6.46. The molecule has 38 heavy (non-hydrogen) atoms. The van der Waals surface area contributed by atoms with Gasteiger partial charge in [-0.1, -0.05) is 12.1 Å². The molecule has 3 rings (SSSR count). The van der Waals surface area contributed by atoms with Crippen LogP contribution in [0.2, 0.25) is 0 Å². The first-order valence-electron chi connectivity index (χ1n) is 12.5. The minimum atomic E-state index is -1.65. The van der Waals surface area contributed by atoms with Crippen molar-refractivity contribution in [3.05, 3.63) is 47.5 Å². The highest BCUT2D eigenvalue weighted by Gasteiger charge is 2.34. The van der Waals surface area contributed by atoms with Crippen LogP contribution in [0, 0.1) is 0 Å². The summed E-state index contributed by atoms with van der Waals surface area (Å²) in [7, 11) is 0. The summed E-state index contributed by atoms with van der Waals surface area (Å²) in [4.78, 5) is 39.3. The molecule has 0 saturated carbocycles. The van der Waals surface area contributed by atoms with Gasteiger partial charge in [-0.15, -0.1) is 0 Å². The van der Waals surface area contributed by atoms with Gasteiger partial charge in [-0.3, -0.25) is 14.4 Å². The largest absolute Gasteiger partial charge is 0.508 e. The molecule has 0 unspecified atom stereocenters. The number of fused-ring (bicyclic) bond motifs is 5. The maximum atomic E-state index is 13.3. The van der Waals surface area contributed by atoms with Gasteiger partial charge in [0, 0.05) is 25.1 Å². The Morgan fingerprint density at radius 2 is 1.63 bits per heavy atom. The van der Waals surface area contributed by atoms with Gasteiger partial charge in [0.05, 0.1) is 6.04 Å². The number of rotatable bonds is 7. The second-order valence-corrected chi connectivity index (χ2v) is 9.28. The van der Waals surface area contributed by atoms with E-state index in [1.165, 1.54) is 18.2 Å². The van der Waals surface area contributed by atoms with Gasteiger partial charge >= 0.3 is 0 Å². The fourth-order valence-corrected chi connectivity index (χ4v) is 4.30. The minimum absolute atomic E-state index is 0.000569. The van der Waals surface area contributed by atoms with Crippen molar-refractivity contribution in [2.45, 2.75) is 49.9 Å². The smallest absolute Gasteiger partial charge is 0.245 e. The van der Waals surface area contributed by atoms with Crippen molar-refractivity contribution >= 4 is 17.7 Å². The molecule has 0 spiro atoms. The third-order valence-corrected chi connectivity index (χ3v) is 6.46. The zero-order valence-electron chi connectivity index (χ0n) is 21.0. The van der Waals surface area contributed by atoms with E-state index >= 15 is 0 Å². The van der Waals surface area contributed by atoms with Crippen LogP contribution in [0.4, 0.5) is 0 Å². The number of carbonyl (C=O) groups excluding carboxylic acids is 3. The highest BCUT2D eigenvalue weighted by molar-refractivity contribution is 5.93. The molecule has 12 N–H and O–H groups in total. The average molecular weight is 529 g/mol. The Kier molecular flexibility index (Phi) is 10.0. The summed E-state index contributed by atoms with van der Waals surface area (Å²) in [6.45, 7) is 0.601. The number of aromatic hydroxyl groups is 2. The Morgan fingerprint density at radius 3 is 2.32 bits per heavy atom. The Balaban J connectivity index is 2.12. The van der Waals surface area contributed by atoms with Gasteiger partial charge in [-0.25, -0.2) is 0 Å². The summed E-state index contributed by atoms with van der Waals surface area (Å²) in [5.74, 6) is -2.41. The number of hydrogen-bond acceptors (Lipinski definition) is 9. The molecule has 0 aliphatic carbocycles. The third kappa shape index (κ3) is 6.98. The van der Waals surface area contributed by atoms with Crippen molar-refractivity contribution in [1.29, 1.82) is 0 Å². The van der Waals surface area contributed by atoms with Gasteiger partial charge in [0.1, 0.15) is 29.7 Å². The fraction of sp³-hybridized carbons (Fsp3) is 0.423. The lowest BCUT2D eigenvalue weighted by molar-refractivity contribution is -0.134. The lowest BCUT2D eigenvalue weighted by Crippen LogP contribution is -2.57. The summed E-state index contributed by atoms with van der Waals surface area (Å²) in [6, 6.07) is 5.51. The van der Waals surface area contributed by atoms with Gasteiger partial charge in [0.25, 0.3) is 0 Å². The first-order chi connectivity index (χ1) is 18.2. The van der Waals surface area contributed by atoms with Crippen molar-refractivity contribution in [1.82, 2.24) is 16.0 Å². The summed E-state index contributed by atoms with van der Waals surface area (Å²) in [6.07, 6.45) is -0.365. The van der Waals surface area contributed by atoms with Gasteiger partial charge in [-0.2, -0.15) is 0 Å². The Bertz CT molecular complexity index is 1160. The molecule has 2 aromatic rings. The number of unbranched alkanes of at least 4 members (excludes halogenated alkanes) is 1. The van der Waals surface area contributed by atoms with Crippen molar-refractivity contribution in [2.24, 2.45) is 17.2 Å². The van der Waals surface area contributed by atoms with E-state index in [9.17, 15) is 29.7 Å². The van der Waals surface area contributed by atoms with E-state index in [0.29, 0.717) is 36.1 Å². The first kappa shape index (κ1) is 28.9. The normalized spacial score (nSPS) is 22.0. The summed E-state index contributed by atoms with van der Waals surface area (Å²) >= 11 is 0. The van der Waals surface area contributed by atoms with Gasteiger partial charge in [0.2, 0.25) is 17.7 Å². The molecule has 1 aliphatic heterocycles. The van der Waals surface area contributed by atoms with Gasteiger partial charge in [0.15, 0.2) is 0 Å². The lowest BCUT2D eigenvalue weighted by atomic mass is 9.94. The maximum absolute atomic E-state index is 13.3. The molecule has 0 radical (unpaired) electrons. The SMILES string of the molecule is NCCCC[C@@H]1NC(=O)[C@@H](N)Cc2cc(ccc2O)-c2ccc(O)c(c2)[C@@H](O)[C@@H](C(=O)NCCN)NC1=O. The second-order valence-electron chi connectivity index (χ2n) is 9.28. The van der Waals surface area contributed by atoms with Gasteiger partial charge < -0.3 is 48.5 Å². The lowest BCUT2D eigenvalue weighted by Gasteiger charge is -2.27. The quantitative estimate of drug-likeness (QED) is 0.198. The second kappa shape index (κ2) is 13.2. The number of benzene rings is 2. The molecule has 1 aliphatic rings. The molecule has 12 heteroatoms. The minimum Gasteiger partial charge on any atom is -0.508 e. The number of amides is 3. The number of aliphatic hydroxyl groups is 1. The number of aliphatic hydroxyl groups excluding tert-OH is 1. The molecule has 0 aromatic heterocycles. The summed E-state index contributed by atoms with van der Waals surface area (Å²) < 4.78 is 0. The fourth-order valence-electron chi connectivity index (χ4n) is 4.30. The first-order valence-corrected chi connectivity index (χ1v) is 12.5. The molecule has 12 nitrogen and oxygen atoms in total. The number of nitrogens with one attached hydrogen (secondary N) is 3. The van der Waals surface area contributed by atoms with E-state index < -0.39 is 42.0 Å². The summed E-state index contributed by atoms with van der Waals surface area (Å²) in [5, 5.41) is 39.9. The van der Waals surface area contributed by atoms with Crippen LogP contribution in [-0.4, -0.2) is 70.8 Å². The maximum Gasteiger partial charge on any atom is 0.245 e. The summed E-state index contributed by atoms with van der Waals surface area (Å²) in [5.41, 5.74) is 18.8. The van der Waals surface area contributed by atoms with E-state index in [1.54, 1.807) is 18.2 Å². The monoisotopic (exact) mass is 528 g/mol. The Morgan fingerprint density at radius 1 is 0.947 bits per heavy atom. The molecular weight excluding hydrogens is 492 g/mol. The highest BCUT2D eigenvalue weighted by Crippen LogP contribution is 2.34. The highest BCUT2D eigenvalue weighted by atomic mass is 16.3. The van der Waals surface area contributed by atoms with E-state index in [1.807, 2.05) is 0 Å². The van der Waals surface area contributed by atoms with Crippen LogP contribution in [0.5, 0.6) is 11.5 Å². The molecular formula is C26H36N6O6. The molecule has 1 heterocycles. The number of phenols is 2. The van der Waals surface area contributed by atoms with Crippen LogP contribution in [0.1, 0.15) is 36.5 Å². The van der Waals surface area contributed by atoms with Crippen LogP contribution < -0.4 is 33.2 Å². The van der Waals surface area contributed by atoms with Crippen molar-refractivity contribution in [3.63, 3.8) is 0 Å². The predicted molar refractivity (Wildman–Crippen MR) is 141 cm³/mol. The molecule has 3 amide bonds. The zero-order chi connectivity index (χ0) is 27.8. The molecule has 4 atom stereocenters. The topological polar surface area (TPSA) is 226 Å². The van der Waals surface area contributed by atoms with Crippen LogP contribution in [-0.2, 0) is 20.8 Å². The van der Waals surface area contributed by atoms with Crippen LogP contribution in [0.15, 0.2) is 36.4 Å². The van der Waals surface area contributed by atoms with E-state index in [2.05, 4.69) is 16.0 Å². The Labute approximate surface area is 220 Å². The number of nitrogens with two attached hydrogens (primary N) is 3. The number of carbonyl (C=O) groups is 3. The molecule has 206 valence electrons. The number of phenolic OH excluding ortho intramolecular Hbond substituents is 2. The molecule has 4 bridgehead atoms. The average Bonchev–Trinajstić information content (AvgIpc) is 2.90. The van der Waals surface area contributed by atoms with E-state index in [0.717, 1.165) is 0 Å². The Hall–Kier alpha value is -3.71.